The minimum atomic E-state index is -0.170. The van der Waals surface area contributed by atoms with Crippen molar-refractivity contribution >= 4 is 32.3 Å². The third kappa shape index (κ3) is 2.57. The van der Waals surface area contributed by atoms with Crippen LogP contribution in [0.15, 0.2) is 48.0 Å². The van der Waals surface area contributed by atoms with E-state index in [2.05, 4.69) is 4.98 Å². The number of nitrogens with two attached hydrogens (primary N) is 1. The van der Waals surface area contributed by atoms with E-state index in [1.54, 1.807) is 17.4 Å². The number of phenols is 1. The predicted octanol–water partition coefficient (Wildman–Crippen LogP) is 4.33. The number of aliphatic hydroxyl groups is 1. The van der Waals surface area contributed by atoms with Gasteiger partial charge in [-0.25, -0.2) is 0 Å². The highest BCUT2D eigenvalue weighted by Crippen LogP contribution is 2.42. The number of phenolic OH excluding ortho intramolecular Hbond substituents is 1. The Kier molecular flexibility index (Phi) is 3.92. The molecule has 2 heterocycles. The Balaban J connectivity index is 2.08. The van der Waals surface area contributed by atoms with E-state index >= 15 is 0 Å². The molecule has 0 aliphatic rings. The van der Waals surface area contributed by atoms with Crippen molar-refractivity contribution in [2.24, 2.45) is 5.73 Å². The monoisotopic (exact) mass is 350 g/mol. The number of pyridine rings is 1. The van der Waals surface area contributed by atoms with Crippen LogP contribution in [0.5, 0.6) is 5.75 Å². The van der Waals surface area contributed by atoms with Crippen molar-refractivity contribution in [2.45, 2.75) is 19.6 Å². The molecule has 5 heteroatoms. The van der Waals surface area contributed by atoms with Gasteiger partial charge in [0, 0.05) is 34.1 Å². The van der Waals surface area contributed by atoms with E-state index in [4.69, 9.17) is 5.73 Å². The highest BCUT2D eigenvalue weighted by atomic mass is 32.1. The Morgan fingerprint density at radius 1 is 1.20 bits per heavy atom. The molecule has 4 rings (SSSR count). The van der Waals surface area contributed by atoms with E-state index in [0.717, 1.165) is 37.7 Å². The molecule has 1 unspecified atom stereocenters. The van der Waals surface area contributed by atoms with Crippen LogP contribution in [0, 0.1) is 0 Å². The third-order valence-electron chi connectivity index (χ3n) is 4.53. The fraction of sp³-hybridized carbons (Fsp3) is 0.150. The molecule has 2 aromatic carbocycles. The topological polar surface area (TPSA) is 79.4 Å². The van der Waals surface area contributed by atoms with Gasteiger partial charge in [-0.1, -0.05) is 24.3 Å². The molecule has 4 nitrogen and oxygen atoms in total. The van der Waals surface area contributed by atoms with Crippen LogP contribution in [0.1, 0.15) is 24.1 Å². The number of hydrogen-bond donors (Lipinski definition) is 3. The highest BCUT2D eigenvalue weighted by Gasteiger charge is 2.17. The Hall–Kier alpha value is -2.47. The molecule has 0 radical (unpaired) electrons. The molecule has 126 valence electrons. The van der Waals surface area contributed by atoms with E-state index in [0.29, 0.717) is 5.56 Å². The summed E-state index contributed by atoms with van der Waals surface area (Å²) in [6.07, 6.45) is 1.82. The molecule has 4 N–H and O–H groups in total. The molecule has 0 bridgehead atoms. The van der Waals surface area contributed by atoms with Crippen LogP contribution < -0.4 is 5.73 Å². The summed E-state index contributed by atoms with van der Waals surface area (Å²) in [6, 6.07) is 11.5. The maximum absolute atomic E-state index is 10.7. The van der Waals surface area contributed by atoms with Crippen molar-refractivity contribution in [3.05, 3.63) is 59.1 Å². The molecule has 4 aromatic rings. The average molecular weight is 350 g/mol. The molecular weight excluding hydrogens is 332 g/mol. The van der Waals surface area contributed by atoms with Crippen molar-refractivity contribution in [3.8, 4) is 16.9 Å². The molecule has 0 saturated carbocycles. The highest BCUT2D eigenvalue weighted by molar-refractivity contribution is 7.17. The lowest BCUT2D eigenvalue weighted by Crippen LogP contribution is -2.04. The largest absolute Gasteiger partial charge is 0.507 e. The van der Waals surface area contributed by atoms with Crippen molar-refractivity contribution in [1.82, 2.24) is 4.98 Å². The van der Waals surface area contributed by atoms with Crippen molar-refractivity contribution in [1.29, 1.82) is 0 Å². The summed E-state index contributed by atoms with van der Waals surface area (Å²) in [5.74, 6) is 0.144. The number of hydrogen-bond acceptors (Lipinski definition) is 5. The summed E-state index contributed by atoms with van der Waals surface area (Å²) in [6.45, 7) is 1.77. The maximum Gasteiger partial charge on any atom is 0.124 e. The first-order chi connectivity index (χ1) is 12.1. The van der Waals surface area contributed by atoms with Crippen LogP contribution in [0.3, 0.4) is 0 Å². The van der Waals surface area contributed by atoms with E-state index in [1.807, 2.05) is 48.8 Å². The standard InChI is InChI=1S/C20H18N2O2S/c1-11(21)12-2-4-13(5-3-12)18-16(24)8-14(10-23)20-19(18)15-6-7-25-17(15)9-22-20/h2-9,11,23-24H,10,21H2,1H3. The van der Waals surface area contributed by atoms with Crippen LogP contribution in [0.4, 0.5) is 0 Å². The maximum atomic E-state index is 10.7. The summed E-state index contributed by atoms with van der Waals surface area (Å²) in [5.41, 5.74) is 9.95. The lowest BCUT2D eigenvalue weighted by atomic mass is 9.94. The number of benzene rings is 2. The Morgan fingerprint density at radius 3 is 2.64 bits per heavy atom. The predicted molar refractivity (Wildman–Crippen MR) is 103 cm³/mol. The Bertz CT molecular complexity index is 1070. The summed E-state index contributed by atoms with van der Waals surface area (Å²) in [4.78, 5) is 4.54. The van der Waals surface area contributed by atoms with E-state index in [1.165, 1.54) is 0 Å². The van der Waals surface area contributed by atoms with E-state index in [-0.39, 0.29) is 18.4 Å². The van der Waals surface area contributed by atoms with Gasteiger partial charge in [-0.2, -0.15) is 0 Å². The number of aliphatic hydroxyl groups excluding tert-OH is 1. The number of aromatic hydroxyl groups is 1. The molecule has 0 amide bonds. The second kappa shape index (κ2) is 6.11. The summed E-state index contributed by atoms with van der Waals surface area (Å²) >= 11 is 1.61. The average Bonchev–Trinajstić information content (AvgIpc) is 3.10. The van der Waals surface area contributed by atoms with Gasteiger partial charge in [0.15, 0.2) is 0 Å². The fourth-order valence-corrected chi connectivity index (χ4v) is 4.00. The van der Waals surface area contributed by atoms with Gasteiger partial charge in [0.25, 0.3) is 0 Å². The third-order valence-corrected chi connectivity index (χ3v) is 5.38. The lowest BCUT2D eigenvalue weighted by Gasteiger charge is -2.14. The molecular formula is C20H18N2O2S. The first-order valence-electron chi connectivity index (χ1n) is 8.07. The van der Waals surface area contributed by atoms with Gasteiger partial charge in [-0.15, -0.1) is 11.3 Å². The van der Waals surface area contributed by atoms with Crippen LogP contribution in [-0.2, 0) is 6.61 Å². The van der Waals surface area contributed by atoms with Crippen molar-refractivity contribution in [3.63, 3.8) is 0 Å². The van der Waals surface area contributed by atoms with E-state index < -0.39 is 0 Å². The normalized spacial score (nSPS) is 12.8. The van der Waals surface area contributed by atoms with Gasteiger partial charge in [0.2, 0.25) is 0 Å². The SMILES string of the molecule is CC(N)c1ccc(-c2c(O)cc(CO)c3ncc4sccc4c23)cc1. The number of rotatable bonds is 3. The zero-order valence-corrected chi connectivity index (χ0v) is 14.5. The number of nitrogens with zero attached hydrogens (tertiary/aromatic N) is 1. The first kappa shape index (κ1) is 16.0. The summed E-state index contributed by atoms with van der Waals surface area (Å²) in [7, 11) is 0. The molecule has 0 aliphatic heterocycles. The van der Waals surface area contributed by atoms with Gasteiger partial charge in [0.05, 0.1) is 16.8 Å². The molecule has 0 spiro atoms. The number of aromatic nitrogens is 1. The first-order valence-corrected chi connectivity index (χ1v) is 8.95. The molecule has 0 aliphatic carbocycles. The van der Waals surface area contributed by atoms with Crippen LogP contribution in [-0.4, -0.2) is 15.2 Å². The second-order valence-corrected chi connectivity index (χ2v) is 7.13. The lowest BCUT2D eigenvalue weighted by molar-refractivity contribution is 0.282. The van der Waals surface area contributed by atoms with Gasteiger partial charge >= 0.3 is 0 Å². The summed E-state index contributed by atoms with van der Waals surface area (Å²) in [5, 5.41) is 24.3. The van der Waals surface area contributed by atoms with Crippen molar-refractivity contribution in [2.75, 3.05) is 0 Å². The molecule has 25 heavy (non-hydrogen) atoms. The van der Waals surface area contributed by atoms with Gasteiger partial charge in [-0.05, 0) is 35.6 Å². The molecule has 0 saturated heterocycles. The van der Waals surface area contributed by atoms with Crippen LogP contribution in [0.2, 0.25) is 0 Å². The summed E-state index contributed by atoms with van der Waals surface area (Å²) < 4.78 is 1.05. The quantitative estimate of drug-likeness (QED) is 0.514. The number of thiophene rings is 1. The minimum Gasteiger partial charge on any atom is -0.507 e. The van der Waals surface area contributed by atoms with Crippen LogP contribution >= 0.6 is 11.3 Å². The van der Waals surface area contributed by atoms with E-state index in [9.17, 15) is 10.2 Å². The minimum absolute atomic E-state index is 0.0404. The molecule has 2 aromatic heterocycles. The van der Waals surface area contributed by atoms with Crippen LogP contribution in [0.25, 0.3) is 32.1 Å². The number of fused-ring (bicyclic) bond motifs is 3. The molecule has 0 fully saturated rings. The zero-order chi connectivity index (χ0) is 17.6. The zero-order valence-electron chi connectivity index (χ0n) is 13.7. The molecule has 1 atom stereocenters. The smallest absolute Gasteiger partial charge is 0.124 e. The Labute approximate surface area is 149 Å². The Morgan fingerprint density at radius 2 is 1.96 bits per heavy atom. The van der Waals surface area contributed by atoms with Gasteiger partial charge in [0.1, 0.15) is 5.75 Å². The van der Waals surface area contributed by atoms with Gasteiger partial charge in [-0.3, -0.25) is 4.98 Å². The van der Waals surface area contributed by atoms with Crippen molar-refractivity contribution < 1.29 is 10.2 Å². The fourth-order valence-electron chi connectivity index (χ4n) is 3.24. The second-order valence-electron chi connectivity index (χ2n) is 6.18. The van der Waals surface area contributed by atoms with Gasteiger partial charge < -0.3 is 15.9 Å².